The largest absolute Gasteiger partial charge is 0.697 e. The molecule has 0 N–H and O–H groups in total. The smallest absolute Gasteiger partial charge is 0.200 e. The van der Waals surface area contributed by atoms with Crippen molar-refractivity contribution in [2.75, 3.05) is 13.2 Å². The van der Waals surface area contributed by atoms with E-state index in [0.29, 0.717) is 0 Å². The Bertz CT molecular complexity index is 992. The summed E-state index contributed by atoms with van der Waals surface area (Å²) in [6.45, 7) is -5.09. The van der Waals surface area contributed by atoms with Crippen molar-refractivity contribution in [1.29, 1.82) is 0 Å². The molecule has 0 saturated heterocycles. The van der Waals surface area contributed by atoms with Crippen molar-refractivity contribution in [2.45, 2.75) is 84.4 Å². The fourth-order valence-electron chi connectivity index (χ4n) is 2.45. The lowest BCUT2D eigenvalue weighted by atomic mass is 9.93. The summed E-state index contributed by atoms with van der Waals surface area (Å²) in [7, 11) is -4.54. The van der Waals surface area contributed by atoms with Crippen molar-refractivity contribution in [3.63, 3.8) is 0 Å². The van der Waals surface area contributed by atoms with Crippen LogP contribution in [0, 0.1) is 0 Å². The summed E-state index contributed by atoms with van der Waals surface area (Å²) in [4.78, 5) is 0. The molecule has 0 aliphatic carbocycles. The van der Waals surface area contributed by atoms with Crippen LogP contribution in [0.4, 0.5) is 114 Å². The van der Waals surface area contributed by atoms with Crippen LogP contribution in [0.3, 0.4) is 0 Å². The molecule has 0 radical (unpaired) electrons. The van der Waals surface area contributed by atoms with Crippen LogP contribution in [0.25, 0.3) is 0 Å². The van der Waals surface area contributed by atoms with Gasteiger partial charge in [0.2, 0.25) is 0 Å². The monoisotopic (exact) mass is 773 g/mol. The van der Waals surface area contributed by atoms with E-state index in [1.54, 1.807) is 0 Å². The normalized spacial score (nSPS) is 16.2. The number of hydrogen-bond donors (Lipinski definition) is 0. The van der Waals surface area contributed by atoms with Gasteiger partial charge in [-0.25, -0.2) is 0 Å². The predicted molar refractivity (Wildman–Crippen MR) is 90.3 cm³/mol. The Morgan fingerprint density at radius 3 is 0.717 bits per heavy atom. The molecule has 0 aliphatic rings. The van der Waals surface area contributed by atoms with E-state index in [4.69, 9.17) is 0 Å². The summed E-state index contributed by atoms with van der Waals surface area (Å²) in [5.74, 6) is -78.7. The molecule has 0 saturated carbocycles. The number of halogens is 26. The van der Waals surface area contributed by atoms with Gasteiger partial charge in [-0.3, -0.25) is 0 Å². The molecule has 0 bridgehead atoms. The van der Waals surface area contributed by atoms with Gasteiger partial charge in [-0.1, -0.05) is 0 Å². The van der Waals surface area contributed by atoms with Crippen LogP contribution in [0.15, 0.2) is 0 Å². The number of rotatable bonds is 16. The summed E-state index contributed by atoms with van der Waals surface area (Å²) < 4.78 is 354. The fraction of sp³-hybridized carbons (Fsp3) is 1.00. The van der Waals surface area contributed by atoms with Crippen LogP contribution < -0.4 is 0 Å². The highest BCUT2D eigenvalue weighted by Crippen LogP contribution is 2.62. The Morgan fingerprint density at radius 2 is 0.522 bits per heavy atom. The van der Waals surface area contributed by atoms with E-state index in [2.05, 4.69) is 9.05 Å². The fourth-order valence-corrected chi connectivity index (χ4v) is 3.01. The van der Waals surface area contributed by atoms with Gasteiger partial charge < -0.3 is 0 Å². The molecule has 0 fully saturated rings. The summed E-state index contributed by atoms with van der Waals surface area (Å²) in [5, 5.41) is 0. The Labute approximate surface area is 235 Å². The van der Waals surface area contributed by atoms with E-state index in [1.165, 1.54) is 0 Å². The average Bonchev–Trinajstić information content (AvgIpc) is 2.81. The zero-order valence-electron chi connectivity index (χ0n) is 20.3. The van der Waals surface area contributed by atoms with E-state index < -0.39 is 106 Å². The second-order valence-corrected chi connectivity index (χ2v) is 9.35. The molecular weight excluding hydrogens is 765 g/mol. The molecule has 276 valence electrons. The van der Waals surface area contributed by atoms with Gasteiger partial charge in [0, 0.05) is 17.4 Å². The van der Waals surface area contributed by atoms with Crippen LogP contribution in [0.5, 0.6) is 0 Å². The van der Waals surface area contributed by atoms with Gasteiger partial charge in [0.15, 0.2) is 0 Å². The first-order valence-corrected chi connectivity index (χ1v) is 11.3. The lowest BCUT2D eigenvalue weighted by molar-refractivity contribution is -0.440. The maximum Gasteiger partial charge on any atom is 0.697 e. The summed E-state index contributed by atoms with van der Waals surface area (Å²) in [6.07, 6.45) is -21.9. The molecule has 0 aromatic rings. The second kappa shape index (κ2) is 12.3. The first-order chi connectivity index (χ1) is 19.6. The molecule has 30 heteroatoms. The van der Waals surface area contributed by atoms with Crippen LogP contribution in [0.2, 0.25) is 0 Å². The van der Waals surface area contributed by atoms with E-state index in [9.17, 15) is 119 Å². The van der Waals surface area contributed by atoms with Gasteiger partial charge >= 0.3 is 79.8 Å². The average molecular weight is 773 g/mol. The van der Waals surface area contributed by atoms with Crippen molar-refractivity contribution >= 4 is 8.25 Å². The van der Waals surface area contributed by atoms with Gasteiger partial charge in [-0.2, -0.15) is 114 Å². The molecule has 0 unspecified atom stereocenters. The Hall–Kier alpha value is -1.80. The third-order valence-corrected chi connectivity index (χ3v) is 6.01. The molecule has 0 rings (SSSR count). The molecule has 0 aromatic heterocycles. The number of hydrogen-bond acceptors (Lipinski definition) is 3. The van der Waals surface area contributed by atoms with Crippen LogP contribution >= 0.6 is 8.25 Å². The summed E-state index contributed by atoms with van der Waals surface area (Å²) >= 11 is 0. The minimum Gasteiger partial charge on any atom is -0.200 e. The van der Waals surface area contributed by atoms with Crippen molar-refractivity contribution < 1.29 is 128 Å². The van der Waals surface area contributed by atoms with Crippen molar-refractivity contribution in [2.24, 2.45) is 0 Å². The molecule has 0 heterocycles. The Morgan fingerprint density at radius 1 is 0.326 bits per heavy atom. The highest BCUT2D eigenvalue weighted by atomic mass is 31.1. The molecule has 0 aliphatic heterocycles. The quantitative estimate of drug-likeness (QED) is 0.116. The van der Waals surface area contributed by atoms with Gasteiger partial charge in [-0.15, -0.1) is 9.05 Å². The van der Waals surface area contributed by atoms with E-state index >= 15 is 0 Å². The first-order valence-electron chi connectivity index (χ1n) is 10.2. The van der Waals surface area contributed by atoms with E-state index in [1.807, 2.05) is 0 Å². The topological polar surface area (TPSA) is 35.5 Å². The lowest BCUT2D eigenvalue weighted by Crippen LogP contribution is -2.70. The van der Waals surface area contributed by atoms with Crippen molar-refractivity contribution in [3.8, 4) is 0 Å². The highest BCUT2D eigenvalue weighted by molar-refractivity contribution is 7.33. The first kappa shape index (κ1) is 44.2. The second-order valence-electron chi connectivity index (χ2n) is 8.39. The SMILES string of the molecule is O=[P+](OCCC(F)(F)C(F)(F)C(F)(F)C(F)(F)C(F)(F)C(F)(F)F)OCCC(F)(F)C(F)(F)C(F)(F)C(F)(F)C(F)(F)C(F)(F)F. The minimum atomic E-state index is -8.31. The molecular formula is C16H8F26O3P+. The van der Waals surface area contributed by atoms with Gasteiger partial charge in [0.1, 0.15) is 13.2 Å². The maximum atomic E-state index is 13.5. The Balaban J connectivity index is 5.63. The standard InChI is InChI=1S/C16H8F26O3P/c17-5(18,7(21,22)9(25,26)11(29,30)13(33,34)15(37,38)39)1-3-44-46(43)45-4-2-6(19,20)8(23,24)10(27,28)12(31,32)14(35,36)16(40,41)42/h1-4H2/q+1. The van der Waals surface area contributed by atoms with Crippen molar-refractivity contribution in [1.82, 2.24) is 0 Å². The van der Waals surface area contributed by atoms with Crippen molar-refractivity contribution in [3.05, 3.63) is 0 Å². The molecule has 3 nitrogen and oxygen atoms in total. The number of alkyl halides is 26. The van der Waals surface area contributed by atoms with Crippen LogP contribution in [-0.2, 0) is 13.6 Å². The zero-order chi connectivity index (χ0) is 37.8. The summed E-state index contributed by atoms with van der Waals surface area (Å²) in [6, 6.07) is 0. The lowest BCUT2D eigenvalue weighted by Gasteiger charge is -2.39. The van der Waals surface area contributed by atoms with Gasteiger partial charge in [0.05, 0.1) is 0 Å². The third-order valence-electron chi connectivity index (χ3n) is 5.22. The molecule has 0 aromatic carbocycles. The molecule has 0 spiro atoms. The van der Waals surface area contributed by atoms with E-state index in [0.717, 1.165) is 0 Å². The minimum absolute atomic E-state index is 2.54. The molecule has 0 atom stereocenters. The van der Waals surface area contributed by atoms with Gasteiger partial charge in [0.25, 0.3) is 0 Å². The van der Waals surface area contributed by atoms with E-state index in [-0.39, 0.29) is 0 Å². The predicted octanol–water partition coefficient (Wildman–Crippen LogP) is 9.93. The van der Waals surface area contributed by atoms with Crippen LogP contribution in [-0.4, -0.2) is 84.8 Å². The molecule has 46 heavy (non-hydrogen) atoms. The molecule has 0 amide bonds. The maximum absolute atomic E-state index is 13.5. The third kappa shape index (κ3) is 6.86. The highest BCUT2D eigenvalue weighted by Gasteiger charge is 2.92. The zero-order valence-corrected chi connectivity index (χ0v) is 21.2. The Kier molecular flexibility index (Phi) is 11.8. The summed E-state index contributed by atoms with van der Waals surface area (Å²) in [5.41, 5.74) is 0. The van der Waals surface area contributed by atoms with Gasteiger partial charge in [-0.05, 0) is 0 Å². The van der Waals surface area contributed by atoms with Crippen LogP contribution in [0.1, 0.15) is 12.8 Å².